The van der Waals surface area contributed by atoms with E-state index in [0.717, 1.165) is 17.7 Å². The maximum atomic E-state index is 12.0. The van der Waals surface area contributed by atoms with E-state index in [1.54, 1.807) is 0 Å². The number of aliphatic hydroxyl groups is 1. The van der Waals surface area contributed by atoms with E-state index >= 15 is 0 Å². The Kier molecular flexibility index (Phi) is 4.71. The molecular weight excluding hydrogens is 234 g/mol. The average molecular weight is 253 g/mol. The van der Waals surface area contributed by atoms with Gasteiger partial charge in [0.25, 0.3) is 0 Å². The van der Waals surface area contributed by atoms with Crippen LogP contribution in [0.15, 0.2) is 17.5 Å². The van der Waals surface area contributed by atoms with Crippen molar-refractivity contribution in [3.05, 3.63) is 22.4 Å². The highest BCUT2D eigenvalue weighted by Crippen LogP contribution is 2.23. The topological polar surface area (TPSA) is 40.5 Å². The lowest BCUT2D eigenvalue weighted by Gasteiger charge is -2.27. The van der Waals surface area contributed by atoms with Crippen molar-refractivity contribution in [3.8, 4) is 0 Å². The molecule has 0 atom stereocenters. The van der Waals surface area contributed by atoms with Crippen LogP contribution in [-0.4, -0.2) is 41.5 Å². The number of rotatable bonds is 6. The van der Waals surface area contributed by atoms with Crippen molar-refractivity contribution in [2.24, 2.45) is 0 Å². The van der Waals surface area contributed by atoms with Gasteiger partial charge in [-0.2, -0.15) is 0 Å². The summed E-state index contributed by atoms with van der Waals surface area (Å²) in [6, 6.07) is 4.27. The number of hydrogen-bond donors (Lipinski definition) is 1. The molecule has 0 radical (unpaired) electrons. The Balaban J connectivity index is 1.94. The van der Waals surface area contributed by atoms with E-state index in [1.165, 1.54) is 24.2 Å². The summed E-state index contributed by atoms with van der Waals surface area (Å²) in [7, 11) is 0. The summed E-state index contributed by atoms with van der Waals surface area (Å²) in [4.78, 5) is 15.0. The number of carbonyl (C=O) groups excluding carboxylic acids is 1. The second-order valence-electron chi connectivity index (χ2n) is 4.53. The second kappa shape index (κ2) is 6.28. The fraction of sp³-hybridized carbons (Fsp3) is 0.615. The summed E-state index contributed by atoms with van der Waals surface area (Å²) in [5.74, 6) is 0.181. The van der Waals surface area contributed by atoms with E-state index in [1.807, 2.05) is 17.5 Å². The van der Waals surface area contributed by atoms with Gasteiger partial charge in [-0.3, -0.25) is 9.69 Å². The predicted octanol–water partition coefficient (Wildman–Crippen LogP) is 2.17. The highest BCUT2D eigenvalue weighted by Gasteiger charge is 2.24. The van der Waals surface area contributed by atoms with Crippen molar-refractivity contribution in [1.29, 1.82) is 0 Å². The minimum absolute atomic E-state index is 0.133. The lowest BCUT2D eigenvalue weighted by Crippen LogP contribution is -2.39. The molecule has 0 unspecified atom stereocenters. The molecule has 0 saturated heterocycles. The van der Waals surface area contributed by atoms with E-state index in [9.17, 15) is 4.79 Å². The molecule has 0 amide bonds. The molecule has 1 fully saturated rings. The molecule has 4 heteroatoms. The zero-order valence-corrected chi connectivity index (χ0v) is 10.8. The van der Waals surface area contributed by atoms with Gasteiger partial charge < -0.3 is 5.11 Å². The Morgan fingerprint density at radius 1 is 1.47 bits per heavy atom. The molecule has 1 aromatic heterocycles. The first-order valence-corrected chi connectivity index (χ1v) is 7.11. The summed E-state index contributed by atoms with van der Waals surface area (Å²) >= 11 is 1.49. The monoisotopic (exact) mass is 253 g/mol. The maximum absolute atomic E-state index is 12.0. The minimum atomic E-state index is 0.133. The zero-order chi connectivity index (χ0) is 12.1. The highest BCUT2D eigenvalue weighted by molar-refractivity contribution is 7.12. The highest BCUT2D eigenvalue weighted by atomic mass is 32.1. The van der Waals surface area contributed by atoms with E-state index in [-0.39, 0.29) is 12.4 Å². The van der Waals surface area contributed by atoms with E-state index in [4.69, 9.17) is 5.11 Å². The first-order chi connectivity index (χ1) is 8.31. The first kappa shape index (κ1) is 12.7. The number of nitrogens with zero attached hydrogens (tertiary/aromatic N) is 1. The van der Waals surface area contributed by atoms with Gasteiger partial charge in [-0.05, 0) is 24.3 Å². The van der Waals surface area contributed by atoms with Crippen LogP contribution in [0.2, 0.25) is 0 Å². The van der Waals surface area contributed by atoms with Gasteiger partial charge in [-0.25, -0.2) is 0 Å². The molecular formula is C13H19NO2S. The normalized spacial score (nSPS) is 16.8. The van der Waals surface area contributed by atoms with E-state index in [2.05, 4.69) is 4.90 Å². The second-order valence-corrected chi connectivity index (χ2v) is 5.48. The smallest absolute Gasteiger partial charge is 0.186 e. The van der Waals surface area contributed by atoms with Crippen LogP contribution in [0.4, 0.5) is 0 Å². The molecule has 1 aliphatic carbocycles. The SMILES string of the molecule is O=C(CN(CCO)C1CCCC1)c1cccs1. The molecule has 1 aromatic rings. The number of carbonyl (C=O) groups is 1. The summed E-state index contributed by atoms with van der Waals surface area (Å²) in [6.45, 7) is 1.20. The first-order valence-electron chi connectivity index (χ1n) is 6.23. The summed E-state index contributed by atoms with van der Waals surface area (Å²) < 4.78 is 0. The van der Waals surface area contributed by atoms with Crippen molar-refractivity contribution in [2.45, 2.75) is 31.7 Å². The fourth-order valence-electron chi connectivity index (χ4n) is 2.49. The van der Waals surface area contributed by atoms with Crippen LogP contribution in [-0.2, 0) is 0 Å². The molecule has 1 saturated carbocycles. The predicted molar refractivity (Wildman–Crippen MR) is 69.6 cm³/mol. The minimum Gasteiger partial charge on any atom is -0.395 e. The quantitative estimate of drug-likeness (QED) is 0.790. The molecule has 0 aromatic carbocycles. The standard InChI is InChI=1S/C13H19NO2S/c15-8-7-14(11-4-1-2-5-11)10-12(16)13-6-3-9-17-13/h3,6,9,11,15H,1-2,4-5,7-8,10H2. The molecule has 0 spiro atoms. The fourth-order valence-corrected chi connectivity index (χ4v) is 3.15. The van der Waals surface area contributed by atoms with Gasteiger partial charge in [0, 0.05) is 12.6 Å². The number of hydrogen-bond acceptors (Lipinski definition) is 4. The third-order valence-electron chi connectivity index (χ3n) is 3.37. The zero-order valence-electron chi connectivity index (χ0n) is 9.97. The molecule has 0 bridgehead atoms. The Hall–Kier alpha value is -0.710. The maximum Gasteiger partial charge on any atom is 0.186 e. The van der Waals surface area contributed by atoms with Gasteiger partial charge >= 0.3 is 0 Å². The van der Waals surface area contributed by atoms with Crippen molar-refractivity contribution in [1.82, 2.24) is 4.90 Å². The largest absolute Gasteiger partial charge is 0.395 e. The molecule has 2 rings (SSSR count). The van der Waals surface area contributed by atoms with Crippen molar-refractivity contribution >= 4 is 17.1 Å². The number of Topliss-reactive ketones (excluding diaryl/α,β-unsaturated/α-hetero) is 1. The van der Waals surface area contributed by atoms with Crippen LogP contribution in [0.5, 0.6) is 0 Å². The van der Waals surface area contributed by atoms with Crippen LogP contribution in [0, 0.1) is 0 Å². The van der Waals surface area contributed by atoms with Gasteiger partial charge in [-0.15, -0.1) is 11.3 Å². The Morgan fingerprint density at radius 3 is 2.82 bits per heavy atom. The van der Waals surface area contributed by atoms with Crippen LogP contribution < -0.4 is 0 Å². The average Bonchev–Trinajstić information content (AvgIpc) is 3.01. The van der Waals surface area contributed by atoms with Crippen molar-refractivity contribution in [3.63, 3.8) is 0 Å². The van der Waals surface area contributed by atoms with Gasteiger partial charge in [0.15, 0.2) is 5.78 Å². The molecule has 3 nitrogen and oxygen atoms in total. The summed E-state index contributed by atoms with van der Waals surface area (Å²) in [5.41, 5.74) is 0. The molecule has 0 aliphatic heterocycles. The molecule has 1 aliphatic rings. The van der Waals surface area contributed by atoms with E-state index in [0.29, 0.717) is 19.1 Å². The summed E-state index contributed by atoms with van der Waals surface area (Å²) in [5, 5.41) is 11.0. The molecule has 17 heavy (non-hydrogen) atoms. The van der Waals surface area contributed by atoms with Crippen molar-refractivity contribution < 1.29 is 9.90 Å². The number of ketones is 1. The van der Waals surface area contributed by atoms with Crippen LogP contribution in [0.3, 0.4) is 0 Å². The van der Waals surface area contributed by atoms with Gasteiger partial charge in [0.05, 0.1) is 18.0 Å². The number of aliphatic hydroxyl groups excluding tert-OH is 1. The van der Waals surface area contributed by atoms with Gasteiger partial charge in [0.2, 0.25) is 0 Å². The lowest BCUT2D eigenvalue weighted by molar-refractivity contribution is 0.0866. The van der Waals surface area contributed by atoms with Crippen molar-refractivity contribution in [2.75, 3.05) is 19.7 Å². The Morgan fingerprint density at radius 2 is 2.24 bits per heavy atom. The molecule has 94 valence electrons. The Bertz CT molecular complexity index is 344. The third kappa shape index (κ3) is 3.37. The molecule has 1 N–H and O–H groups in total. The third-order valence-corrected chi connectivity index (χ3v) is 4.28. The number of thiophene rings is 1. The van der Waals surface area contributed by atoms with Crippen LogP contribution >= 0.6 is 11.3 Å². The Labute approximate surface area is 106 Å². The lowest BCUT2D eigenvalue weighted by atomic mass is 10.2. The van der Waals surface area contributed by atoms with E-state index < -0.39 is 0 Å². The summed E-state index contributed by atoms with van der Waals surface area (Å²) in [6.07, 6.45) is 4.83. The van der Waals surface area contributed by atoms with Gasteiger partial charge in [-0.1, -0.05) is 18.9 Å². The van der Waals surface area contributed by atoms with Crippen LogP contribution in [0.25, 0.3) is 0 Å². The molecule has 1 heterocycles. The van der Waals surface area contributed by atoms with Crippen LogP contribution in [0.1, 0.15) is 35.4 Å². The van der Waals surface area contributed by atoms with Gasteiger partial charge in [0.1, 0.15) is 0 Å².